The standard InChI is InChI=1S/C15H21NO2/c1-12-5-7-14(8-6-12)18-11-15(17)16-9-3-4-13(2)10-16/h5-8,13H,3-4,9-11H2,1-2H3. The molecule has 1 heterocycles. The molecule has 0 radical (unpaired) electrons. The van der Waals surface area contributed by atoms with Crippen LogP contribution in [-0.4, -0.2) is 30.5 Å². The topological polar surface area (TPSA) is 29.5 Å². The molecule has 2 rings (SSSR count). The number of carbonyl (C=O) groups excluding carboxylic acids is 1. The number of piperidine rings is 1. The van der Waals surface area contributed by atoms with E-state index in [4.69, 9.17) is 4.74 Å². The van der Waals surface area contributed by atoms with Crippen molar-refractivity contribution in [1.82, 2.24) is 4.90 Å². The fourth-order valence-electron chi connectivity index (χ4n) is 2.29. The maximum absolute atomic E-state index is 12.0. The molecule has 1 unspecified atom stereocenters. The van der Waals surface area contributed by atoms with E-state index in [2.05, 4.69) is 6.92 Å². The third-order valence-corrected chi connectivity index (χ3v) is 3.39. The van der Waals surface area contributed by atoms with Crippen LogP contribution in [0.2, 0.25) is 0 Å². The molecular formula is C15H21NO2. The molecule has 1 saturated heterocycles. The Kier molecular flexibility index (Phi) is 4.24. The van der Waals surface area contributed by atoms with Gasteiger partial charge in [-0.1, -0.05) is 24.6 Å². The number of aryl methyl sites for hydroxylation is 1. The summed E-state index contributed by atoms with van der Waals surface area (Å²) < 4.78 is 5.52. The van der Waals surface area contributed by atoms with Gasteiger partial charge in [0, 0.05) is 13.1 Å². The highest BCUT2D eigenvalue weighted by atomic mass is 16.5. The predicted octanol–water partition coefficient (Wildman–Crippen LogP) is 2.63. The molecular weight excluding hydrogens is 226 g/mol. The van der Waals surface area contributed by atoms with E-state index < -0.39 is 0 Å². The average molecular weight is 247 g/mol. The number of hydrogen-bond donors (Lipinski definition) is 0. The summed E-state index contributed by atoms with van der Waals surface area (Å²) in [4.78, 5) is 13.9. The SMILES string of the molecule is Cc1ccc(OCC(=O)N2CCCC(C)C2)cc1. The van der Waals surface area contributed by atoms with E-state index in [-0.39, 0.29) is 12.5 Å². The van der Waals surface area contributed by atoms with E-state index in [1.165, 1.54) is 12.0 Å². The van der Waals surface area contributed by atoms with Gasteiger partial charge in [-0.05, 0) is 37.8 Å². The third-order valence-electron chi connectivity index (χ3n) is 3.39. The lowest BCUT2D eigenvalue weighted by molar-refractivity contribution is -0.135. The summed E-state index contributed by atoms with van der Waals surface area (Å²) in [6.45, 7) is 6.12. The zero-order chi connectivity index (χ0) is 13.0. The van der Waals surface area contributed by atoms with Gasteiger partial charge in [0.05, 0.1) is 0 Å². The van der Waals surface area contributed by atoms with Gasteiger partial charge in [-0.3, -0.25) is 4.79 Å². The van der Waals surface area contributed by atoms with Gasteiger partial charge in [0.1, 0.15) is 5.75 Å². The van der Waals surface area contributed by atoms with Crippen molar-refractivity contribution in [1.29, 1.82) is 0 Å². The lowest BCUT2D eigenvalue weighted by Gasteiger charge is -2.30. The van der Waals surface area contributed by atoms with Crippen molar-refractivity contribution in [3.63, 3.8) is 0 Å². The molecule has 1 amide bonds. The van der Waals surface area contributed by atoms with Crippen LogP contribution in [0.1, 0.15) is 25.3 Å². The van der Waals surface area contributed by atoms with Crippen molar-refractivity contribution in [3.8, 4) is 5.75 Å². The Morgan fingerprint density at radius 3 is 2.78 bits per heavy atom. The largest absolute Gasteiger partial charge is 0.484 e. The van der Waals surface area contributed by atoms with Crippen molar-refractivity contribution in [2.75, 3.05) is 19.7 Å². The lowest BCUT2D eigenvalue weighted by Crippen LogP contribution is -2.41. The van der Waals surface area contributed by atoms with E-state index in [0.717, 1.165) is 25.3 Å². The Bertz CT molecular complexity index is 399. The predicted molar refractivity (Wildman–Crippen MR) is 71.7 cm³/mol. The van der Waals surface area contributed by atoms with Gasteiger partial charge >= 0.3 is 0 Å². The molecule has 18 heavy (non-hydrogen) atoms. The Morgan fingerprint density at radius 2 is 2.11 bits per heavy atom. The Balaban J connectivity index is 1.82. The number of likely N-dealkylation sites (tertiary alicyclic amines) is 1. The molecule has 98 valence electrons. The minimum Gasteiger partial charge on any atom is -0.484 e. The maximum atomic E-state index is 12.0. The van der Waals surface area contributed by atoms with Crippen LogP contribution in [0, 0.1) is 12.8 Å². The quantitative estimate of drug-likeness (QED) is 0.821. The second-order valence-electron chi connectivity index (χ2n) is 5.19. The van der Waals surface area contributed by atoms with Gasteiger partial charge in [-0.2, -0.15) is 0 Å². The van der Waals surface area contributed by atoms with Crippen LogP contribution in [0.15, 0.2) is 24.3 Å². The average Bonchev–Trinajstić information content (AvgIpc) is 2.38. The number of nitrogens with zero attached hydrogens (tertiary/aromatic N) is 1. The fraction of sp³-hybridized carbons (Fsp3) is 0.533. The highest BCUT2D eigenvalue weighted by Gasteiger charge is 2.20. The number of amides is 1. The molecule has 3 nitrogen and oxygen atoms in total. The van der Waals surface area contributed by atoms with Crippen LogP contribution in [0.4, 0.5) is 0 Å². The van der Waals surface area contributed by atoms with Gasteiger partial charge < -0.3 is 9.64 Å². The maximum Gasteiger partial charge on any atom is 0.260 e. The molecule has 0 saturated carbocycles. The molecule has 1 aromatic rings. The van der Waals surface area contributed by atoms with E-state index in [9.17, 15) is 4.79 Å². The van der Waals surface area contributed by atoms with Crippen LogP contribution < -0.4 is 4.74 Å². The molecule has 0 N–H and O–H groups in total. The fourth-order valence-corrected chi connectivity index (χ4v) is 2.29. The Hall–Kier alpha value is -1.51. The Morgan fingerprint density at radius 1 is 1.39 bits per heavy atom. The van der Waals surface area contributed by atoms with Crippen LogP contribution in [-0.2, 0) is 4.79 Å². The summed E-state index contributed by atoms with van der Waals surface area (Å²) in [6.07, 6.45) is 2.33. The van der Waals surface area contributed by atoms with Gasteiger partial charge in [-0.25, -0.2) is 0 Å². The third kappa shape index (κ3) is 3.49. The normalized spacial score (nSPS) is 19.7. The van der Waals surface area contributed by atoms with Crippen molar-refractivity contribution in [2.24, 2.45) is 5.92 Å². The second-order valence-corrected chi connectivity index (χ2v) is 5.19. The minimum atomic E-state index is 0.0992. The second kappa shape index (κ2) is 5.89. The molecule has 1 aliphatic heterocycles. The summed E-state index contributed by atoms with van der Waals surface area (Å²) in [6, 6.07) is 7.79. The molecule has 1 atom stereocenters. The molecule has 3 heteroatoms. The van der Waals surface area contributed by atoms with Crippen molar-refractivity contribution >= 4 is 5.91 Å². The highest BCUT2D eigenvalue weighted by molar-refractivity contribution is 5.77. The minimum absolute atomic E-state index is 0.0992. The van der Waals surface area contributed by atoms with Crippen LogP contribution in [0.3, 0.4) is 0 Å². The summed E-state index contributed by atoms with van der Waals surface area (Å²) in [5.41, 5.74) is 1.19. The summed E-state index contributed by atoms with van der Waals surface area (Å²) in [7, 11) is 0. The smallest absolute Gasteiger partial charge is 0.260 e. The summed E-state index contributed by atoms with van der Waals surface area (Å²) in [5.74, 6) is 1.48. The molecule has 0 aromatic heterocycles. The van der Waals surface area contributed by atoms with E-state index in [1.54, 1.807) is 0 Å². The first-order chi connectivity index (χ1) is 8.65. The van der Waals surface area contributed by atoms with Crippen molar-refractivity contribution < 1.29 is 9.53 Å². The molecule has 1 fully saturated rings. The van der Waals surface area contributed by atoms with Crippen LogP contribution in [0.25, 0.3) is 0 Å². The highest BCUT2D eigenvalue weighted by Crippen LogP contribution is 2.16. The number of ether oxygens (including phenoxy) is 1. The van der Waals surface area contributed by atoms with Crippen LogP contribution in [0.5, 0.6) is 5.75 Å². The summed E-state index contributed by atoms with van der Waals surface area (Å²) in [5, 5.41) is 0. The van der Waals surface area contributed by atoms with Gasteiger partial charge in [0.25, 0.3) is 5.91 Å². The first-order valence-electron chi connectivity index (χ1n) is 6.62. The number of rotatable bonds is 3. The first kappa shape index (κ1) is 12.9. The zero-order valence-electron chi connectivity index (χ0n) is 11.2. The molecule has 1 aromatic carbocycles. The van der Waals surface area contributed by atoms with Crippen molar-refractivity contribution in [3.05, 3.63) is 29.8 Å². The number of benzene rings is 1. The van der Waals surface area contributed by atoms with Crippen LogP contribution >= 0.6 is 0 Å². The lowest BCUT2D eigenvalue weighted by atomic mass is 10.0. The first-order valence-corrected chi connectivity index (χ1v) is 6.62. The Labute approximate surface area is 109 Å². The summed E-state index contributed by atoms with van der Waals surface area (Å²) >= 11 is 0. The van der Waals surface area contributed by atoms with Crippen molar-refractivity contribution in [2.45, 2.75) is 26.7 Å². The molecule has 0 aliphatic carbocycles. The monoisotopic (exact) mass is 247 g/mol. The number of carbonyl (C=O) groups is 1. The number of hydrogen-bond acceptors (Lipinski definition) is 2. The molecule has 0 spiro atoms. The van der Waals surface area contributed by atoms with Gasteiger partial charge in [0.15, 0.2) is 6.61 Å². The molecule has 0 bridgehead atoms. The van der Waals surface area contributed by atoms with Gasteiger partial charge in [-0.15, -0.1) is 0 Å². The van der Waals surface area contributed by atoms with E-state index in [0.29, 0.717) is 5.92 Å². The van der Waals surface area contributed by atoms with E-state index in [1.807, 2.05) is 36.1 Å². The zero-order valence-corrected chi connectivity index (χ0v) is 11.2. The van der Waals surface area contributed by atoms with Gasteiger partial charge in [0.2, 0.25) is 0 Å². The van der Waals surface area contributed by atoms with E-state index >= 15 is 0 Å². The molecule has 1 aliphatic rings.